The van der Waals surface area contributed by atoms with Crippen LogP contribution in [0.1, 0.15) is 22.6 Å². The highest BCUT2D eigenvalue weighted by Gasteiger charge is 2.08. The maximum absolute atomic E-state index is 5.78. The number of hydrogen-bond donors (Lipinski definition) is 0. The highest BCUT2D eigenvalue weighted by atomic mass is 32.2. The summed E-state index contributed by atoms with van der Waals surface area (Å²) in [5.41, 5.74) is 3.43. The van der Waals surface area contributed by atoms with E-state index in [9.17, 15) is 0 Å². The van der Waals surface area contributed by atoms with Gasteiger partial charge in [-0.3, -0.25) is 0 Å². The number of rotatable bonds is 7. The van der Waals surface area contributed by atoms with Crippen molar-refractivity contribution in [2.45, 2.75) is 25.7 Å². The van der Waals surface area contributed by atoms with Crippen molar-refractivity contribution in [3.05, 3.63) is 77.2 Å². The summed E-state index contributed by atoms with van der Waals surface area (Å²) in [6.07, 6.45) is 4.16. The van der Waals surface area contributed by atoms with Crippen LogP contribution in [0, 0.1) is 13.8 Å². The lowest BCUT2D eigenvalue weighted by Gasteiger charge is -2.07. The number of benzene rings is 2. The molecule has 25 heavy (non-hydrogen) atoms. The molecule has 0 spiro atoms. The Morgan fingerprint density at radius 3 is 2.76 bits per heavy atom. The molecule has 0 atom stereocenters. The first kappa shape index (κ1) is 17.3. The Kier molecular flexibility index (Phi) is 5.90. The molecule has 0 N–H and O–H groups in total. The molecule has 1 aromatic heterocycles. The predicted molar refractivity (Wildman–Crippen MR) is 101 cm³/mol. The molecule has 0 aliphatic rings. The number of ether oxygens (including phenoxy) is 1. The van der Waals surface area contributed by atoms with Crippen LogP contribution in [0.5, 0.6) is 5.75 Å². The fourth-order valence-corrected chi connectivity index (χ4v) is 2.81. The van der Waals surface area contributed by atoms with Crippen LogP contribution in [-0.4, -0.2) is 16.0 Å². The first-order valence-corrected chi connectivity index (χ1v) is 9.06. The van der Waals surface area contributed by atoms with Crippen LogP contribution in [0.15, 0.2) is 64.2 Å². The summed E-state index contributed by atoms with van der Waals surface area (Å²) in [5.74, 6) is 2.10. The van der Waals surface area contributed by atoms with E-state index in [1.54, 1.807) is 0 Å². The maximum Gasteiger partial charge on any atom is 0.277 e. The van der Waals surface area contributed by atoms with E-state index in [0.29, 0.717) is 11.1 Å². The van der Waals surface area contributed by atoms with Gasteiger partial charge in [-0.05, 0) is 36.6 Å². The van der Waals surface area contributed by atoms with E-state index < -0.39 is 0 Å². The van der Waals surface area contributed by atoms with Gasteiger partial charge < -0.3 is 9.15 Å². The van der Waals surface area contributed by atoms with Gasteiger partial charge in [0.25, 0.3) is 11.1 Å². The Morgan fingerprint density at radius 2 is 1.92 bits per heavy atom. The molecule has 0 aliphatic heterocycles. The minimum Gasteiger partial charge on any atom is -0.484 e. The average molecular weight is 352 g/mol. The smallest absolute Gasteiger partial charge is 0.277 e. The highest BCUT2D eigenvalue weighted by Crippen LogP contribution is 2.21. The summed E-state index contributed by atoms with van der Waals surface area (Å²) in [4.78, 5) is 0. The molecule has 0 saturated heterocycles. The summed E-state index contributed by atoms with van der Waals surface area (Å²) >= 11 is 1.51. The van der Waals surface area contributed by atoms with Gasteiger partial charge >= 0.3 is 0 Å². The van der Waals surface area contributed by atoms with Crippen LogP contribution in [0.3, 0.4) is 0 Å². The SMILES string of the molecule is Cc1ccc(C)c(OCc2nnc(SC/C=C/c3ccccc3)o2)c1. The van der Waals surface area contributed by atoms with Gasteiger partial charge in [0.05, 0.1) is 0 Å². The molecular formula is C20H20N2O2S. The van der Waals surface area contributed by atoms with Crippen molar-refractivity contribution in [3.63, 3.8) is 0 Å². The third kappa shape index (κ3) is 5.22. The Morgan fingerprint density at radius 1 is 1.08 bits per heavy atom. The zero-order valence-corrected chi connectivity index (χ0v) is 15.1. The van der Waals surface area contributed by atoms with Crippen molar-refractivity contribution in [2.75, 3.05) is 5.75 Å². The minimum absolute atomic E-state index is 0.276. The number of nitrogens with zero attached hydrogens (tertiary/aromatic N) is 2. The lowest BCUT2D eigenvalue weighted by Crippen LogP contribution is -1.97. The van der Waals surface area contributed by atoms with E-state index in [-0.39, 0.29) is 6.61 Å². The summed E-state index contributed by atoms with van der Waals surface area (Å²) < 4.78 is 11.4. The molecule has 128 valence electrons. The topological polar surface area (TPSA) is 48.2 Å². The molecule has 1 heterocycles. The molecule has 5 heteroatoms. The van der Waals surface area contributed by atoms with Crippen molar-refractivity contribution in [1.82, 2.24) is 10.2 Å². The van der Waals surface area contributed by atoms with E-state index >= 15 is 0 Å². The van der Waals surface area contributed by atoms with Gasteiger partial charge in [-0.2, -0.15) is 0 Å². The van der Waals surface area contributed by atoms with Crippen LogP contribution in [0.25, 0.3) is 6.08 Å². The zero-order chi connectivity index (χ0) is 17.5. The van der Waals surface area contributed by atoms with Gasteiger partial charge in [-0.1, -0.05) is 66.4 Å². The molecule has 0 fully saturated rings. The van der Waals surface area contributed by atoms with Crippen LogP contribution < -0.4 is 4.74 Å². The second-order valence-corrected chi connectivity index (χ2v) is 6.61. The van der Waals surface area contributed by atoms with Gasteiger partial charge in [-0.25, -0.2) is 0 Å². The fraction of sp³-hybridized carbons (Fsp3) is 0.200. The molecule has 0 radical (unpaired) electrons. The Labute approximate surface area is 151 Å². The minimum atomic E-state index is 0.276. The zero-order valence-electron chi connectivity index (χ0n) is 14.3. The molecule has 2 aromatic carbocycles. The summed E-state index contributed by atoms with van der Waals surface area (Å²) in [6.45, 7) is 4.33. The summed E-state index contributed by atoms with van der Waals surface area (Å²) in [6, 6.07) is 16.3. The second kappa shape index (κ2) is 8.53. The van der Waals surface area contributed by atoms with Gasteiger partial charge in [0, 0.05) is 5.75 Å². The predicted octanol–water partition coefficient (Wildman–Crippen LogP) is 5.07. The molecule has 3 rings (SSSR count). The third-order valence-electron chi connectivity index (χ3n) is 3.56. The summed E-state index contributed by atoms with van der Waals surface area (Å²) in [7, 11) is 0. The first-order chi connectivity index (χ1) is 12.2. The standard InChI is InChI=1S/C20H20N2O2S/c1-15-10-11-16(2)18(13-15)23-14-19-21-22-20(24-19)25-12-6-9-17-7-4-3-5-8-17/h3-11,13H,12,14H2,1-2H3/b9-6+. The average Bonchev–Trinajstić information content (AvgIpc) is 3.08. The molecule has 0 saturated carbocycles. The number of thioether (sulfide) groups is 1. The van der Waals surface area contributed by atoms with E-state index in [1.165, 1.54) is 17.3 Å². The molecule has 0 bridgehead atoms. The highest BCUT2D eigenvalue weighted by molar-refractivity contribution is 7.99. The quantitative estimate of drug-likeness (QED) is 0.556. The van der Waals surface area contributed by atoms with Gasteiger partial charge in [-0.15, -0.1) is 10.2 Å². The van der Waals surface area contributed by atoms with E-state index in [4.69, 9.17) is 9.15 Å². The molecule has 4 nitrogen and oxygen atoms in total. The monoisotopic (exact) mass is 352 g/mol. The van der Waals surface area contributed by atoms with E-state index in [0.717, 1.165) is 22.6 Å². The van der Waals surface area contributed by atoms with E-state index in [1.807, 2.05) is 44.2 Å². The number of hydrogen-bond acceptors (Lipinski definition) is 5. The normalized spacial score (nSPS) is 11.1. The number of aryl methyl sites for hydroxylation is 2. The van der Waals surface area contributed by atoms with Crippen molar-refractivity contribution in [2.24, 2.45) is 0 Å². The van der Waals surface area contributed by atoms with Crippen LogP contribution in [0.4, 0.5) is 0 Å². The lowest BCUT2D eigenvalue weighted by molar-refractivity contribution is 0.250. The Bertz CT molecular complexity index is 844. The third-order valence-corrected chi connectivity index (χ3v) is 4.33. The summed E-state index contributed by atoms with van der Waals surface area (Å²) in [5, 5.41) is 8.63. The molecular weight excluding hydrogens is 332 g/mol. The van der Waals surface area contributed by atoms with E-state index in [2.05, 4.69) is 40.5 Å². The Balaban J connectivity index is 1.49. The van der Waals surface area contributed by atoms with Crippen molar-refractivity contribution >= 4 is 17.8 Å². The van der Waals surface area contributed by atoms with Crippen LogP contribution >= 0.6 is 11.8 Å². The molecule has 0 amide bonds. The van der Waals surface area contributed by atoms with Gasteiger partial charge in [0.2, 0.25) is 0 Å². The van der Waals surface area contributed by atoms with Crippen LogP contribution in [0.2, 0.25) is 0 Å². The number of aromatic nitrogens is 2. The lowest BCUT2D eigenvalue weighted by atomic mass is 10.1. The Hall–Kier alpha value is -2.53. The van der Waals surface area contributed by atoms with Crippen molar-refractivity contribution in [3.8, 4) is 5.75 Å². The second-order valence-electron chi connectivity index (χ2n) is 5.64. The maximum atomic E-state index is 5.78. The molecule has 0 aliphatic carbocycles. The molecule has 0 unspecified atom stereocenters. The van der Waals surface area contributed by atoms with Gasteiger partial charge in [0.15, 0.2) is 6.61 Å². The first-order valence-electron chi connectivity index (χ1n) is 8.07. The van der Waals surface area contributed by atoms with Gasteiger partial charge in [0.1, 0.15) is 5.75 Å². The van der Waals surface area contributed by atoms with Crippen molar-refractivity contribution < 1.29 is 9.15 Å². The fourth-order valence-electron chi connectivity index (χ4n) is 2.22. The van der Waals surface area contributed by atoms with Crippen molar-refractivity contribution in [1.29, 1.82) is 0 Å². The van der Waals surface area contributed by atoms with Crippen LogP contribution in [-0.2, 0) is 6.61 Å². The molecule has 3 aromatic rings. The largest absolute Gasteiger partial charge is 0.484 e.